The van der Waals surface area contributed by atoms with Crippen LogP contribution in [0.25, 0.3) is 0 Å². The van der Waals surface area contributed by atoms with Crippen LogP contribution in [-0.2, 0) is 0 Å². The Hall–Kier alpha value is -1.43. The van der Waals surface area contributed by atoms with Crippen LogP contribution in [0.4, 0.5) is 5.69 Å². The zero-order chi connectivity index (χ0) is 9.84. The largest absolute Gasteiger partial charge is 0.417 e. The minimum atomic E-state index is -0.578. The first-order valence-electron chi connectivity index (χ1n) is 3.21. The molecule has 1 rings (SSSR count). The molecule has 1 aromatic rings. The summed E-state index contributed by atoms with van der Waals surface area (Å²) in [4.78, 5) is 20.2. The summed E-state index contributed by atoms with van der Waals surface area (Å²) < 4.78 is 4.63. The number of carbonyl (C=O) groups excluding carboxylic acids is 1. The quantitative estimate of drug-likeness (QED) is 0.465. The Morgan fingerprint density at radius 1 is 1.54 bits per heavy atom. The van der Waals surface area contributed by atoms with Gasteiger partial charge in [0.15, 0.2) is 22.5 Å². The van der Waals surface area contributed by atoms with Crippen molar-refractivity contribution in [2.75, 3.05) is 0 Å². The van der Waals surface area contributed by atoms with Gasteiger partial charge in [-0.3, -0.25) is 14.9 Å². The number of halogens is 1. The van der Waals surface area contributed by atoms with Gasteiger partial charge in [-0.15, -0.1) is 0 Å². The van der Waals surface area contributed by atoms with Crippen molar-refractivity contribution in [3.63, 3.8) is 0 Å². The molecule has 0 bridgehead atoms. The normalized spacial score (nSPS) is 9.31. The van der Waals surface area contributed by atoms with Crippen LogP contribution >= 0.6 is 16.3 Å². The summed E-state index contributed by atoms with van der Waals surface area (Å²) >= 11 is 2.68. The van der Waals surface area contributed by atoms with Crippen LogP contribution in [0.1, 0.15) is 10.4 Å². The summed E-state index contributed by atoms with van der Waals surface area (Å²) in [6.07, 6.45) is 0.490. The number of hydrogen-bond acceptors (Lipinski definition) is 4. The molecule has 0 aliphatic carbocycles. The maximum atomic E-state index is 10.4. The van der Waals surface area contributed by atoms with Gasteiger partial charge in [-0.2, -0.15) is 0 Å². The highest BCUT2D eigenvalue weighted by molar-refractivity contribution is 9.06. The molecule has 0 heterocycles. The van der Waals surface area contributed by atoms with Gasteiger partial charge in [0, 0.05) is 12.1 Å². The van der Waals surface area contributed by atoms with Crippen molar-refractivity contribution in [1.82, 2.24) is 0 Å². The lowest BCUT2D eigenvalue weighted by atomic mass is 10.2. The number of nitrogens with zero attached hydrogens (tertiary/aromatic N) is 1. The van der Waals surface area contributed by atoms with E-state index in [0.29, 0.717) is 6.29 Å². The number of nitro groups is 1. The molecule has 68 valence electrons. The molecule has 0 radical (unpaired) electrons. The smallest absolute Gasteiger partial charge is 0.270 e. The molecule has 0 atom stereocenters. The third-order valence-corrected chi connectivity index (χ3v) is 1.76. The highest BCUT2D eigenvalue weighted by atomic mass is 79.9. The standard InChI is InChI=1S/C7H4BrNO4/c8-13-7-2-1-6(9(11)12)3-5(7)4-10/h1-4H. The third-order valence-electron chi connectivity index (χ3n) is 1.41. The van der Waals surface area contributed by atoms with E-state index in [1.165, 1.54) is 12.1 Å². The van der Waals surface area contributed by atoms with Crippen LogP contribution in [0, 0.1) is 10.1 Å². The zero-order valence-electron chi connectivity index (χ0n) is 6.27. The van der Waals surface area contributed by atoms with Gasteiger partial charge in [-0.05, 0) is 6.07 Å². The average Bonchev–Trinajstić information content (AvgIpc) is 2.16. The van der Waals surface area contributed by atoms with Crippen LogP contribution in [0.2, 0.25) is 0 Å². The predicted octanol–water partition coefficient (Wildman–Crippen LogP) is 2.10. The molecule has 0 unspecified atom stereocenters. The van der Waals surface area contributed by atoms with E-state index in [9.17, 15) is 14.9 Å². The van der Waals surface area contributed by atoms with Crippen LogP contribution in [0.5, 0.6) is 5.75 Å². The lowest BCUT2D eigenvalue weighted by molar-refractivity contribution is -0.384. The highest BCUT2D eigenvalue weighted by Crippen LogP contribution is 2.23. The molecule has 0 aliphatic heterocycles. The van der Waals surface area contributed by atoms with Gasteiger partial charge in [0.1, 0.15) is 5.75 Å². The Morgan fingerprint density at radius 2 is 2.23 bits per heavy atom. The van der Waals surface area contributed by atoms with E-state index in [0.717, 1.165) is 6.07 Å². The van der Waals surface area contributed by atoms with Crippen molar-refractivity contribution in [2.45, 2.75) is 0 Å². The fourth-order valence-corrected chi connectivity index (χ4v) is 1.11. The van der Waals surface area contributed by atoms with Crippen LogP contribution in [0.3, 0.4) is 0 Å². The van der Waals surface area contributed by atoms with E-state index in [-0.39, 0.29) is 17.0 Å². The fourth-order valence-electron chi connectivity index (χ4n) is 0.812. The SMILES string of the molecule is O=Cc1cc([N+](=O)[O-])ccc1OBr. The van der Waals surface area contributed by atoms with Crippen molar-refractivity contribution < 1.29 is 13.5 Å². The van der Waals surface area contributed by atoms with Crippen LogP contribution in [-0.4, -0.2) is 11.2 Å². The molecule has 0 saturated heterocycles. The van der Waals surface area contributed by atoms with E-state index in [2.05, 4.69) is 20.1 Å². The minimum Gasteiger partial charge on any atom is -0.417 e. The van der Waals surface area contributed by atoms with E-state index >= 15 is 0 Å². The molecule has 0 amide bonds. The van der Waals surface area contributed by atoms with Gasteiger partial charge in [-0.25, -0.2) is 0 Å². The molecule has 0 fully saturated rings. The fraction of sp³-hybridized carbons (Fsp3) is 0. The molecule has 1 aromatic carbocycles. The van der Waals surface area contributed by atoms with Crippen molar-refractivity contribution in [2.24, 2.45) is 0 Å². The molecule has 0 saturated carbocycles. The maximum Gasteiger partial charge on any atom is 0.270 e. The number of nitro benzene ring substituents is 1. The van der Waals surface area contributed by atoms with Crippen LogP contribution < -0.4 is 3.83 Å². The Balaban J connectivity index is 3.20. The van der Waals surface area contributed by atoms with Crippen molar-refractivity contribution in [3.8, 4) is 5.75 Å². The van der Waals surface area contributed by atoms with E-state index in [1.807, 2.05) is 0 Å². The predicted molar refractivity (Wildman–Crippen MR) is 48.0 cm³/mol. The monoisotopic (exact) mass is 245 g/mol. The van der Waals surface area contributed by atoms with Gasteiger partial charge in [0.2, 0.25) is 0 Å². The maximum absolute atomic E-state index is 10.4. The average molecular weight is 246 g/mol. The number of benzene rings is 1. The van der Waals surface area contributed by atoms with Gasteiger partial charge in [0.25, 0.3) is 5.69 Å². The number of carbonyl (C=O) groups is 1. The van der Waals surface area contributed by atoms with E-state index in [1.54, 1.807) is 0 Å². The summed E-state index contributed by atoms with van der Waals surface area (Å²) in [6.45, 7) is 0. The summed E-state index contributed by atoms with van der Waals surface area (Å²) in [5, 5.41) is 10.3. The molecule has 0 spiro atoms. The number of non-ortho nitro benzene ring substituents is 1. The number of aldehydes is 1. The summed E-state index contributed by atoms with van der Waals surface area (Å²) in [5.41, 5.74) is -0.0125. The van der Waals surface area contributed by atoms with E-state index in [4.69, 9.17) is 0 Å². The second kappa shape index (κ2) is 3.99. The first-order chi connectivity index (χ1) is 6.19. The molecular formula is C7H4BrNO4. The Morgan fingerprint density at radius 3 is 2.69 bits per heavy atom. The van der Waals surface area contributed by atoms with Gasteiger partial charge in [0.05, 0.1) is 10.5 Å². The first-order valence-corrected chi connectivity index (χ1v) is 3.86. The summed E-state index contributed by atoms with van der Waals surface area (Å²) in [5.74, 6) is 0.251. The number of hydrogen-bond donors (Lipinski definition) is 0. The van der Waals surface area contributed by atoms with Crippen molar-refractivity contribution in [3.05, 3.63) is 33.9 Å². The first kappa shape index (κ1) is 9.66. The Labute approximate surface area is 81.9 Å². The third kappa shape index (κ3) is 2.03. The van der Waals surface area contributed by atoms with Crippen molar-refractivity contribution in [1.29, 1.82) is 0 Å². The second-order valence-electron chi connectivity index (χ2n) is 2.17. The molecule has 13 heavy (non-hydrogen) atoms. The van der Waals surface area contributed by atoms with Crippen LogP contribution in [0.15, 0.2) is 18.2 Å². The van der Waals surface area contributed by atoms with Gasteiger partial charge in [-0.1, -0.05) is 0 Å². The Bertz CT molecular complexity index is 352. The zero-order valence-corrected chi connectivity index (χ0v) is 7.85. The van der Waals surface area contributed by atoms with Gasteiger partial charge < -0.3 is 3.83 Å². The molecule has 0 aromatic heterocycles. The molecule has 5 nitrogen and oxygen atoms in total. The topological polar surface area (TPSA) is 69.4 Å². The molecule has 0 N–H and O–H groups in total. The molecule has 6 heteroatoms. The summed E-state index contributed by atoms with van der Waals surface area (Å²) in [7, 11) is 0. The van der Waals surface area contributed by atoms with Gasteiger partial charge >= 0.3 is 0 Å². The van der Waals surface area contributed by atoms with E-state index < -0.39 is 4.92 Å². The Kier molecular flexibility index (Phi) is 2.97. The summed E-state index contributed by atoms with van der Waals surface area (Å²) in [6, 6.07) is 3.74. The minimum absolute atomic E-state index is 0.131. The molecule has 0 aliphatic rings. The second-order valence-corrected chi connectivity index (χ2v) is 2.50. The van der Waals surface area contributed by atoms with Crippen molar-refractivity contribution >= 4 is 28.2 Å². The molecular weight excluding hydrogens is 242 g/mol. The lowest BCUT2D eigenvalue weighted by Gasteiger charge is -1.99. The highest BCUT2D eigenvalue weighted by Gasteiger charge is 2.10. The number of rotatable bonds is 3. The lowest BCUT2D eigenvalue weighted by Crippen LogP contribution is -1.91.